The molecule has 0 aromatic heterocycles. The number of benzene rings is 2. The van der Waals surface area contributed by atoms with E-state index < -0.39 is 30.0 Å². The molecule has 0 radical (unpaired) electrons. The van der Waals surface area contributed by atoms with Gasteiger partial charge in [-0.1, -0.05) is 61.2 Å². The fraction of sp³-hybridized carbons (Fsp3) is 0.357. The van der Waals surface area contributed by atoms with Crippen molar-refractivity contribution >= 4 is 35.6 Å². The number of hydrogen-bond donors (Lipinski definition) is 2. The number of carbonyl (C=O) groups is 4. The Morgan fingerprint density at radius 1 is 1.05 bits per heavy atom. The van der Waals surface area contributed by atoms with E-state index in [1.54, 1.807) is 0 Å². The standard InChI is InChI=1S/C28H31NO7S/c1-3-13-35-28(34)29-25(18(2)30)12-14-37-17-19(27(32)33)15-26(31)36-16-24-22-10-6-4-8-20(22)21-9-5-7-11-23(21)24/h3-11,19,24-25H,1,12-17H2,2H3,(H,29,34)(H,32,33). The lowest BCUT2D eigenvalue weighted by Crippen LogP contribution is -2.40. The van der Waals surface area contributed by atoms with E-state index in [-0.39, 0.29) is 37.1 Å². The first-order valence-electron chi connectivity index (χ1n) is 12.0. The second kappa shape index (κ2) is 13.6. The SMILES string of the molecule is C=CCOC(=O)NC(CCSCC(CC(=O)OCC1c2ccccc2-c2ccccc21)C(=O)O)C(C)=O. The zero-order valence-corrected chi connectivity index (χ0v) is 21.5. The number of Topliss-reactive ketones (excluding diaryl/α,β-unsaturated/α-hetero) is 1. The van der Waals surface area contributed by atoms with E-state index in [4.69, 9.17) is 9.47 Å². The zero-order valence-electron chi connectivity index (χ0n) is 20.7. The van der Waals surface area contributed by atoms with Gasteiger partial charge in [0.25, 0.3) is 0 Å². The van der Waals surface area contributed by atoms with E-state index in [1.807, 2.05) is 48.5 Å². The molecule has 0 saturated carbocycles. The van der Waals surface area contributed by atoms with Gasteiger partial charge >= 0.3 is 18.0 Å². The maximum atomic E-state index is 12.6. The number of esters is 1. The molecule has 2 unspecified atom stereocenters. The quantitative estimate of drug-likeness (QED) is 0.211. The summed E-state index contributed by atoms with van der Waals surface area (Å²) in [5, 5.41) is 12.1. The highest BCUT2D eigenvalue weighted by Gasteiger charge is 2.30. The van der Waals surface area contributed by atoms with Gasteiger partial charge in [0.2, 0.25) is 0 Å². The van der Waals surface area contributed by atoms with Crippen LogP contribution < -0.4 is 5.32 Å². The van der Waals surface area contributed by atoms with Crippen molar-refractivity contribution in [2.45, 2.75) is 31.7 Å². The highest BCUT2D eigenvalue weighted by atomic mass is 32.2. The van der Waals surface area contributed by atoms with Gasteiger partial charge in [-0.15, -0.1) is 0 Å². The summed E-state index contributed by atoms with van der Waals surface area (Å²) in [6.07, 6.45) is 0.755. The minimum atomic E-state index is -1.09. The maximum Gasteiger partial charge on any atom is 0.408 e. The number of carboxylic acid groups (broad SMARTS) is 1. The third-order valence-electron chi connectivity index (χ3n) is 6.12. The number of amides is 1. The number of ketones is 1. The second-order valence-corrected chi connectivity index (χ2v) is 9.86. The molecule has 2 aromatic rings. The van der Waals surface area contributed by atoms with Crippen LogP contribution in [0.5, 0.6) is 0 Å². The summed E-state index contributed by atoms with van der Waals surface area (Å²) in [5.74, 6) is -2.32. The predicted octanol–water partition coefficient (Wildman–Crippen LogP) is 4.43. The number of fused-ring (bicyclic) bond motifs is 3. The van der Waals surface area contributed by atoms with Crippen LogP contribution in [0.1, 0.15) is 36.8 Å². The average Bonchev–Trinajstić information content (AvgIpc) is 3.20. The van der Waals surface area contributed by atoms with Gasteiger partial charge < -0.3 is 19.9 Å². The van der Waals surface area contributed by atoms with Crippen LogP contribution in [0.25, 0.3) is 11.1 Å². The third-order valence-corrected chi connectivity index (χ3v) is 7.28. The first kappa shape index (κ1) is 28.0. The highest BCUT2D eigenvalue weighted by Crippen LogP contribution is 2.44. The van der Waals surface area contributed by atoms with E-state index >= 15 is 0 Å². The van der Waals surface area contributed by atoms with Gasteiger partial charge in [-0.05, 0) is 41.4 Å². The zero-order chi connectivity index (χ0) is 26.8. The van der Waals surface area contributed by atoms with Crippen molar-refractivity contribution in [3.8, 4) is 11.1 Å². The summed E-state index contributed by atoms with van der Waals surface area (Å²) in [6.45, 7) is 4.98. The van der Waals surface area contributed by atoms with Gasteiger partial charge in [0, 0.05) is 11.7 Å². The first-order chi connectivity index (χ1) is 17.8. The smallest absolute Gasteiger partial charge is 0.408 e. The summed E-state index contributed by atoms with van der Waals surface area (Å²) in [6, 6.07) is 15.2. The molecule has 37 heavy (non-hydrogen) atoms. The number of thioether (sulfide) groups is 1. The van der Waals surface area contributed by atoms with Crippen molar-refractivity contribution in [3.05, 3.63) is 72.3 Å². The van der Waals surface area contributed by atoms with Crippen molar-refractivity contribution < 1.29 is 33.8 Å². The molecule has 2 atom stereocenters. The Morgan fingerprint density at radius 2 is 1.68 bits per heavy atom. The van der Waals surface area contributed by atoms with Gasteiger partial charge in [-0.3, -0.25) is 14.4 Å². The van der Waals surface area contributed by atoms with Crippen molar-refractivity contribution in [1.29, 1.82) is 0 Å². The number of nitrogens with one attached hydrogen (secondary N) is 1. The van der Waals surface area contributed by atoms with E-state index in [9.17, 15) is 24.3 Å². The molecule has 0 spiro atoms. The van der Waals surface area contributed by atoms with Crippen molar-refractivity contribution in [2.24, 2.45) is 5.92 Å². The van der Waals surface area contributed by atoms with Crippen molar-refractivity contribution in [2.75, 3.05) is 24.7 Å². The van der Waals surface area contributed by atoms with Gasteiger partial charge in [0.15, 0.2) is 5.78 Å². The lowest BCUT2D eigenvalue weighted by Gasteiger charge is -2.17. The minimum Gasteiger partial charge on any atom is -0.481 e. The van der Waals surface area contributed by atoms with Crippen LogP contribution in [-0.4, -0.2) is 59.7 Å². The summed E-state index contributed by atoms with van der Waals surface area (Å²) >= 11 is 1.30. The largest absolute Gasteiger partial charge is 0.481 e. The lowest BCUT2D eigenvalue weighted by molar-refractivity contribution is -0.151. The van der Waals surface area contributed by atoms with Gasteiger partial charge in [-0.25, -0.2) is 4.79 Å². The number of ether oxygens (including phenoxy) is 2. The minimum absolute atomic E-state index is 0.0291. The molecule has 196 valence electrons. The van der Waals surface area contributed by atoms with Gasteiger partial charge in [-0.2, -0.15) is 11.8 Å². The molecule has 0 aliphatic heterocycles. The van der Waals surface area contributed by atoms with Crippen LogP contribution in [-0.2, 0) is 23.9 Å². The molecular weight excluding hydrogens is 494 g/mol. The summed E-state index contributed by atoms with van der Waals surface area (Å²) in [5.41, 5.74) is 4.41. The molecule has 3 rings (SSSR count). The molecular formula is C28H31NO7S. The number of hydrogen-bond acceptors (Lipinski definition) is 7. The van der Waals surface area contributed by atoms with Crippen LogP contribution >= 0.6 is 11.8 Å². The molecule has 0 bridgehead atoms. The first-order valence-corrected chi connectivity index (χ1v) is 13.2. The molecule has 1 aliphatic rings. The molecule has 8 nitrogen and oxygen atoms in total. The van der Waals surface area contributed by atoms with Crippen LogP contribution in [0.3, 0.4) is 0 Å². The predicted molar refractivity (Wildman–Crippen MR) is 142 cm³/mol. The van der Waals surface area contributed by atoms with Crippen LogP contribution in [0.4, 0.5) is 4.79 Å². The monoisotopic (exact) mass is 525 g/mol. The summed E-state index contributed by atoms with van der Waals surface area (Å²) in [4.78, 5) is 47.8. The molecule has 0 saturated heterocycles. The summed E-state index contributed by atoms with van der Waals surface area (Å²) < 4.78 is 10.4. The fourth-order valence-corrected chi connectivity index (χ4v) is 5.33. The second-order valence-electron chi connectivity index (χ2n) is 8.71. The number of rotatable bonds is 14. The lowest BCUT2D eigenvalue weighted by atomic mass is 9.98. The number of aliphatic carboxylic acids is 1. The number of carboxylic acids is 1. The third kappa shape index (κ3) is 7.69. The topological polar surface area (TPSA) is 119 Å². The Hall–Kier alpha value is -3.59. The Labute approximate surface area is 220 Å². The van der Waals surface area contributed by atoms with Crippen LogP contribution in [0.15, 0.2) is 61.2 Å². The van der Waals surface area contributed by atoms with Crippen LogP contribution in [0.2, 0.25) is 0 Å². The molecule has 9 heteroatoms. The summed E-state index contributed by atoms with van der Waals surface area (Å²) in [7, 11) is 0. The molecule has 2 N–H and O–H groups in total. The Bertz CT molecular complexity index is 1100. The fourth-order valence-electron chi connectivity index (χ4n) is 4.22. The van der Waals surface area contributed by atoms with E-state index in [0.29, 0.717) is 12.2 Å². The van der Waals surface area contributed by atoms with Crippen molar-refractivity contribution in [3.63, 3.8) is 0 Å². The molecule has 1 amide bonds. The Morgan fingerprint density at radius 3 is 2.24 bits per heavy atom. The normalized spacial score (nSPS) is 13.5. The van der Waals surface area contributed by atoms with Gasteiger partial charge in [0.1, 0.15) is 13.2 Å². The number of alkyl carbamates (subject to hydrolysis) is 1. The van der Waals surface area contributed by atoms with E-state index in [0.717, 1.165) is 22.3 Å². The van der Waals surface area contributed by atoms with E-state index in [1.165, 1.54) is 24.8 Å². The van der Waals surface area contributed by atoms with Crippen molar-refractivity contribution in [1.82, 2.24) is 5.32 Å². The molecule has 1 aliphatic carbocycles. The Balaban J connectivity index is 1.48. The Kier molecular flexibility index (Phi) is 10.3. The van der Waals surface area contributed by atoms with Crippen LogP contribution in [0, 0.1) is 5.92 Å². The molecule has 2 aromatic carbocycles. The van der Waals surface area contributed by atoms with E-state index in [2.05, 4.69) is 11.9 Å². The van der Waals surface area contributed by atoms with Gasteiger partial charge in [0.05, 0.1) is 18.4 Å². The molecule has 0 fully saturated rings. The maximum absolute atomic E-state index is 12.6. The molecule has 0 heterocycles. The highest BCUT2D eigenvalue weighted by molar-refractivity contribution is 7.99. The average molecular weight is 526 g/mol. The number of carbonyl (C=O) groups excluding carboxylic acids is 3.